The highest BCUT2D eigenvalue weighted by atomic mass is 15.1. The summed E-state index contributed by atoms with van der Waals surface area (Å²) in [5, 5.41) is 1.49. The molecule has 0 saturated heterocycles. The molecule has 1 N–H and O–H groups in total. The van der Waals surface area contributed by atoms with Crippen LogP contribution in [0.5, 0.6) is 0 Å². The van der Waals surface area contributed by atoms with E-state index in [4.69, 9.17) is 0 Å². The van der Waals surface area contributed by atoms with Crippen molar-refractivity contribution < 1.29 is 0 Å². The van der Waals surface area contributed by atoms with Crippen molar-refractivity contribution >= 4 is 10.9 Å². The summed E-state index contributed by atoms with van der Waals surface area (Å²) in [5.41, 5.74) is 5.90. The molecule has 0 fully saturated rings. The van der Waals surface area contributed by atoms with Gasteiger partial charge in [0, 0.05) is 23.1 Å². The first-order valence-corrected chi connectivity index (χ1v) is 8.57. The highest BCUT2D eigenvalue weighted by Gasteiger charge is 2.25. The quantitative estimate of drug-likeness (QED) is 0.859. The number of nitrogens with one attached hydrogen (secondary N) is 1. The van der Waals surface area contributed by atoms with E-state index in [-0.39, 0.29) is 0 Å². The Labute approximate surface area is 128 Å². The minimum Gasteiger partial charge on any atom is -0.361 e. The van der Waals surface area contributed by atoms with Crippen LogP contribution >= 0.6 is 0 Å². The Morgan fingerprint density at radius 1 is 1.19 bits per heavy atom. The zero-order valence-corrected chi connectivity index (χ0v) is 13.7. The second-order valence-electron chi connectivity index (χ2n) is 6.53. The average molecular weight is 284 g/mol. The van der Waals surface area contributed by atoms with Crippen molar-refractivity contribution in [3.8, 4) is 0 Å². The molecular weight excluding hydrogens is 256 g/mol. The number of aromatic nitrogens is 1. The van der Waals surface area contributed by atoms with Gasteiger partial charge in [-0.25, -0.2) is 0 Å². The summed E-state index contributed by atoms with van der Waals surface area (Å²) in [5.74, 6) is 0. The zero-order chi connectivity index (χ0) is 14.8. The van der Waals surface area contributed by atoms with Crippen molar-refractivity contribution in [2.75, 3.05) is 13.1 Å². The average Bonchev–Trinajstić information content (AvgIpc) is 2.88. The summed E-state index contributed by atoms with van der Waals surface area (Å²) >= 11 is 0. The topological polar surface area (TPSA) is 19.0 Å². The number of aryl methyl sites for hydroxylation is 2. The molecule has 0 aliphatic heterocycles. The number of hydrogen-bond acceptors (Lipinski definition) is 1. The van der Waals surface area contributed by atoms with Crippen LogP contribution in [0.2, 0.25) is 0 Å². The van der Waals surface area contributed by atoms with Crippen molar-refractivity contribution in [2.45, 2.75) is 58.9 Å². The number of benzene rings is 1. The molecule has 1 aromatic heterocycles. The number of H-pyrrole nitrogens is 1. The Hall–Kier alpha value is -1.28. The maximum Gasteiger partial charge on any atom is 0.0459 e. The van der Waals surface area contributed by atoms with E-state index in [0.717, 1.165) is 6.04 Å². The summed E-state index contributed by atoms with van der Waals surface area (Å²) < 4.78 is 0. The molecule has 2 nitrogen and oxygen atoms in total. The smallest absolute Gasteiger partial charge is 0.0459 e. The van der Waals surface area contributed by atoms with Crippen molar-refractivity contribution in [3.63, 3.8) is 0 Å². The first-order chi connectivity index (χ1) is 10.2. The van der Waals surface area contributed by atoms with Crippen molar-refractivity contribution in [1.29, 1.82) is 0 Å². The highest BCUT2D eigenvalue weighted by Crippen LogP contribution is 2.32. The van der Waals surface area contributed by atoms with Crippen LogP contribution in [-0.2, 0) is 12.8 Å². The molecule has 0 bridgehead atoms. The van der Waals surface area contributed by atoms with E-state index in [9.17, 15) is 0 Å². The molecule has 0 unspecified atom stereocenters. The zero-order valence-electron chi connectivity index (χ0n) is 13.7. The summed E-state index contributed by atoms with van der Waals surface area (Å²) in [6.07, 6.45) is 8.47. The Morgan fingerprint density at radius 3 is 2.67 bits per heavy atom. The van der Waals surface area contributed by atoms with Gasteiger partial charge < -0.3 is 9.88 Å². The van der Waals surface area contributed by atoms with Crippen molar-refractivity contribution in [1.82, 2.24) is 9.88 Å². The number of hydrogen-bond donors (Lipinski definition) is 1. The Kier molecular flexibility index (Phi) is 4.34. The lowest BCUT2D eigenvalue weighted by molar-refractivity contribution is 0.180. The monoisotopic (exact) mass is 284 g/mol. The Bertz CT molecular complexity index is 605. The first kappa shape index (κ1) is 14.6. The van der Waals surface area contributed by atoms with E-state index in [2.05, 4.69) is 49.0 Å². The van der Waals surface area contributed by atoms with Gasteiger partial charge in [-0.15, -0.1) is 0 Å². The van der Waals surface area contributed by atoms with Crippen LogP contribution in [0.1, 0.15) is 49.8 Å². The van der Waals surface area contributed by atoms with Gasteiger partial charge in [-0.05, 0) is 74.9 Å². The van der Waals surface area contributed by atoms with Gasteiger partial charge in [-0.3, -0.25) is 0 Å². The molecule has 1 atom stereocenters. The third-order valence-corrected chi connectivity index (χ3v) is 4.97. The molecule has 1 aliphatic rings. The second kappa shape index (κ2) is 6.23. The Balaban J connectivity index is 1.93. The largest absolute Gasteiger partial charge is 0.361 e. The van der Waals surface area contributed by atoms with Crippen molar-refractivity contribution in [3.05, 3.63) is 35.0 Å². The maximum atomic E-state index is 3.42. The summed E-state index contributed by atoms with van der Waals surface area (Å²) in [7, 11) is 0. The SMILES string of the molecule is CCCN(CCC)[C@@H]1CCc2ccc3[nH]cc(C)c3c2C1. The number of fused-ring (bicyclic) bond motifs is 3. The van der Waals surface area contributed by atoms with Crippen molar-refractivity contribution in [2.24, 2.45) is 0 Å². The van der Waals surface area contributed by atoms with E-state index in [1.807, 2.05) is 0 Å². The lowest BCUT2D eigenvalue weighted by atomic mass is 9.84. The normalized spacial score (nSPS) is 18.4. The third kappa shape index (κ3) is 2.74. The highest BCUT2D eigenvalue weighted by molar-refractivity contribution is 5.87. The number of nitrogens with zero attached hydrogens (tertiary/aromatic N) is 1. The maximum absolute atomic E-state index is 3.42. The molecule has 3 rings (SSSR count). The van der Waals surface area contributed by atoms with E-state index in [1.165, 1.54) is 61.7 Å². The third-order valence-electron chi connectivity index (χ3n) is 4.97. The summed E-state index contributed by atoms with van der Waals surface area (Å²) in [6.45, 7) is 9.33. The Morgan fingerprint density at radius 2 is 1.95 bits per heavy atom. The van der Waals surface area contributed by atoms with Crippen LogP contribution in [0, 0.1) is 6.92 Å². The molecule has 0 radical (unpaired) electrons. The van der Waals surface area contributed by atoms with E-state index in [1.54, 1.807) is 11.1 Å². The van der Waals surface area contributed by atoms with Gasteiger partial charge >= 0.3 is 0 Å². The minimum atomic E-state index is 0.734. The number of rotatable bonds is 5. The molecule has 21 heavy (non-hydrogen) atoms. The van der Waals surface area contributed by atoms with Crippen LogP contribution in [0.25, 0.3) is 10.9 Å². The summed E-state index contributed by atoms with van der Waals surface area (Å²) in [6, 6.07) is 5.34. The standard InChI is InChI=1S/C19H28N2/c1-4-10-21(11-5-2)16-8-6-15-7-9-18-19(17(15)12-16)14(3)13-20-18/h7,9,13,16,20H,4-6,8,10-12H2,1-3H3/t16-/m1/s1. The van der Waals surface area contributed by atoms with Gasteiger partial charge in [0.25, 0.3) is 0 Å². The molecule has 0 spiro atoms. The minimum absolute atomic E-state index is 0.734. The van der Waals surface area contributed by atoms with Gasteiger partial charge in [0.05, 0.1) is 0 Å². The molecular formula is C19H28N2. The van der Waals surface area contributed by atoms with Gasteiger partial charge in [-0.2, -0.15) is 0 Å². The van der Waals surface area contributed by atoms with Gasteiger partial charge in [0.15, 0.2) is 0 Å². The van der Waals surface area contributed by atoms with Crippen LogP contribution in [0.15, 0.2) is 18.3 Å². The molecule has 1 aliphatic carbocycles. The van der Waals surface area contributed by atoms with E-state index in [0.29, 0.717) is 0 Å². The molecule has 0 saturated carbocycles. The lowest BCUT2D eigenvalue weighted by Crippen LogP contribution is -2.40. The van der Waals surface area contributed by atoms with Gasteiger partial charge in [-0.1, -0.05) is 19.9 Å². The predicted molar refractivity (Wildman–Crippen MR) is 91.0 cm³/mol. The fraction of sp³-hybridized carbons (Fsp3) is 0.579. The van der Waals surface area contributed by atoms with Crippen LogP contribution in [0.3, 0.4) is 0 Å². The second-order valence-corrected chi connectivity index (χ2v) is 6.53. The molecule has 114 valence electrons. The van der Waals surface area contributed by atoms with Crippen LogP contribution in [0.4, 0.5) is 0 Å². The van der Waals surface area contributed by atoms with E-state index >= 15 is 0 Å². The predicted octanol–water partition coefficient (Wildman–Crippen LogP) is 4.46. The van der Waals surface area contributed by atoms with Gasteiger partial charge in [0.2, 0.25) is 0 Å². The molecule has 1 heterocycles. The molecule has 2 heteroatoms. The molecule has 0 amide bonds. The number of aromatic amines is 1. The fourth-order valence-corrected chi connectivity index (χ4v) is 4.01. The summed E-state index contributed by atoms with van der Waals surface area (Å²) in [4.78, 5) is 6.14. The van der Waals surface area contributed by atoms with E-state index < -0.39 is 0 Å². The molecule has 2 aromatic rings. The van der Waals surface area contributed by atoms with Crippen LogP contribution < -0.4 is 0 Å². The van der Waals surface area contributed by atoms with Crippen LogP contribution in [-0.4, -0.2) is 29.0 Å². The fourth-order valence-electron chi connectivity index (χ4n) is 4.01. The van der Waals surface area contributed by atoms with Gasteiger partial charge in [0.1, 0.15) is 0 Å². The molecule has 1 aromatic carbocycles. The first-order valence-electron chi connectivity index (χ1n) is 8.57. The lowest BCUT2D eigenvalue weighted by Gasteiger charge is -2.35.